The lowest BCUT2D eigenvalue weighted by Crippen LogP contribution is -2.37. The van der Waals surface area contributed by atoms with E-state index in [4.69, 9.17) is 4.74 Å². The molecule has 2 amide bonds. The summed E-state index contributed by atoms with van der Waals surface area (Å²) in [6.45, 7) is 7.19. The number of likely N-dealkylation sites (N-methyl/N-ethyl adjacent to an activating group) is 1. The first-order valence-electron chi connectivity index (χ1n) is 10.8. The smallest absolute Gasteiger partial charge is 0.339 e. The maximum Gasteiger partial charge on any atom is 0.339 e. The van der Waals surface area contributed by atoms with E-state index in [2.05, 4.69) is 10.3 Å². The van der Waals surface area contributed by atoms with Crippen molar-refractivity contribution in [3.05, 3.63) is 70.9 Å². The second-order valence-corrected chi connectivity index (χ2v) is 8.41. The molecule has 0 aliphatic heterocycles. The predicted molar refractivity (Wildman–Crippen MR) is 128 cm³/mol. The Bertz CT molecular complexity index is 1180. The molecule has 0 atom stereocenters. The summed E-state index contributed by atoms with van der Waals surface area (Å²) in [5, 5.41) is 3.51. The molecule has 7 nitrogen and oxygen atoms in total. The van der Waals surface area contributed by atoms with E-state index in [1.165, 1.54) is 11.9 Å². The summed E-state index contributed by atoms with van der Waals surface area (Å²) in [5.41, 5.74) is 4.45. The Morgan fingerprint density at radius 3 is 2.36 bits per heavy atom. The number of carbonyl (C=O) groups excluding carboxylic acids is 3. The molecule has 172 valence electrons. The number of ether oxygens (including phenoxy) is 1. The number of aromatic nitrogens is 1. The van der Waals surface area contributed by atoms with Crippen LogP contribution in [0.25, 0.3) is 10.9 Å². The van der Waals surface area contributed by atoms with Gasteiger partial charge in [-0.1, -0.05) is 50.2 Å². The zero-order valence-corrected chi connectivity index (χ0v) is 19.6. The number of hydrogen-bond acceptors (Lipinski definition) is 5. The van der Waals surface area contributed by atoms with Crippen LogP contribution < -0.4 is 5.32 Å². The molecule has 0 aliphatic rings. The number of carbonyl (C=O) groups is 3. The van der Waals surface area contributed by atoms with Crippen LogP contribution in [0.15, 0.2) is 48.5 Å². The van der Waals surface area contributed by atoms with Gasteiger partial charge in [0, 0.05) is 23.8 Å². The highest BCUT2D eigenvalue weighted by Gasteiger charge is 2.19. The number of hydrogen-bond donors (Lipinski definition) is 1. The van der Waals surface area contributed by atoms with Gasteiger partial charge in [0.25, 0.3) is 5.91 Å². The molecule has 33 heavy (non-hydrogen) atoms. The van der Waals surface area contributed by atoms with Crippen molar-refractivity contribution in [2.24, 2.45) is 0 Å². The van der Waals surface area contributed by atoms with Crippen LogP contribution in [0.1, 0.15) is 46.9 Å². The van der Waals surface area contributed by atoms with Crippen LogP contribution >= 0.6 is 0 Å². The molecule has 0 radical (unpaired) electrons. The Morgan fingerprint density at radius 2 is 1.70 bits per heavy atom. The van der Waals surface area contributed by atoms with Crippen LogP contribution in [-0.2, 0) is 14.3 Å². The van der Waals surface area contributed by atoms with E-state index >= 15 is 0 Å². The zero-order chi connectivity index (χ0) is 24.1. The molecular formula is C26H29N3O4. The first-order valence-corrected chi connectivity index (χ1v) is 10.8. The monoisotopic (exact) mass is 447 g/mol. The molecule has 0 unspecified atom stereocenters. The van der Waals surface area contributed by atoms with E-state index in [-0.39, 0.29) is 18.4 Å². The lowest BCUT2D eigenvalue weighted by Gasteiger charge is -2.18. The summed E-state index contributed by atoms with van der Waals surface area (Å²) < 4.78 is 5.30. The van der Waals surface area contributed by atoms with Gasteiger partial charge in [-0.3, -0.25) is 14.6 Å². The average molecular weight is 448 g/mol. The third kappa shape index (κ3) is 5.74. The largest absolute Gasteiger partial charge is 0.452 e. The number of aryl methyl sites for hydroxylation is 2. The zero-order valence-electron chi connectivity index (χ0n) is 19.6. The summed E-state index contributed by atoms with van der Waals surface area (Å²) in [6.07, 6.45) is 0. The van der Waals surface area contributed by atoms with Crippen LogP contribution in [0.5, 0.6) is 0 Å². The van der Waals surface area contributed by atoms with Crippen LogP contribution in [0.2, 0.25) is 0 Å². The highest BCUT2D eigenvalue weighted by molar-refractivity contribution is 6.04. The van der Waals surface area contributed by atoms with E-state index in [1.54, 1.807) is 12.1 Å². The summed E-state index contributed by atoms with van der Waals surface area (Å²) >= 11 is 0. The van der Waals surface area contributed by atoms with E-state index in [0.717, 1.165) is 22.5 Å². The second kappa shape index (κ2) is 10.3. The highest BCUT2D eigenvalue weighted by atomic mass is 16.5. The number of rotatable bonds is 7. The van der Waals surface area contributed by atoms with Gasteiger partial charge >= 0.3 is 5.97 Å². The standard InChI is InChI=1S/C26H29N3O4/c1-16(2)22-13-20(19-11-6-7-12-21(19)27-22)26(32)33-15-24(31)29(5)14-23(30)28-25-17(3)9-8-10-18(25)4/h6-13,16H,14-15H2,1-5H3,(H,28,30). The topological polar surface area (TPSA) is 88.6 Å². The van der Waals surface area contributed by atoms with Crippen LogP contribution in [0, 0.1) is 13.8 Å². The minimum Gasteiger partial charge on any atom is -0.452 e. The second-order valence-electron chi connectivity index (χ2n) is 8.41. The number of nitrogens with one attached hydrogen (secondary N) is 1. The van der Waals surface area contributed by atoms with E-state index in [9.17, 15) is 14.4 Å². The van der Waals surface area contributed by atoms with E-state index in [0.29, 0.717) is 16.5 Å². The Morgan fingerprint density at radius 1 is 1.03 bits per heavy atom. The molecule has 7 heteroatoms. The van der Waals surface area contributed by atoms with Crippen LogP contribution in [0.3, 0.4) is 0 Å². The molecule has 0 saturated carbocycles. The first kappa shape index (κ1) is 23.9. The van der Waals surface area contributed by atoms with Crippen molar-refractivity contribution >= 4 is 34.4 Å². The molecule has 0 saturated heterocycles. The number of benzene rings is 2. The summed E-state index contributed by atoms with van der Waals surface area (Å²) in [5.74, 6) is -1.26. The summed E-state index contributed by atoms with van der Waals surface area (Å²) in [6, 6.07) is 14.8. The van der Waals surface area contributed by atoms with Gasteiger partial charge in [0.05, 0.1) is 17.6 Å². The average Bonchev–Trinajstić information content (AvgIpc) is 2.78. The number of anilines is 1. The molecule has 3 aromatic rings. The molecule has 0 bridgehead atoms. The number of esters is 1. The van der Waals surface area contributed by atoms with Crippen LogP contribution in [0.4, 0.5) is 5.69 Å². The molecule has 0 spiro atoms. The molecule has 2 aromatic carbocycles. The third-order valence-corrected chi connectivity index (χ3v) is 5.43. The maximum absolute atomic E-state index is 12.8. The number of fused-ring (bicyclic) bond motifs is 1. The lowest BCUT2D eigenvalue weighted by atomic mass is 10.0. The molecule has 1 heterocycles. The molecule has 0 fully saturated rings. The SMILES string of the molecule is Cc1cccc(C)c1NC(=O)CN(C)C(=O)COC(=O)c1cc(C(C)C)nc2ccccc12. The quantitative estimate of drug-likeness (QED) is 0.548. The van der Waals surface area contributed by atoms with Crippen molar-refractivity contribution in [3.63, 3.8) is 0 Å². The fourth-order valence-electron chi connectivity index (χ4n) is 3.47. The Hall–Kier alpha value is -3.74. The molecule has 0 aliphatic carbocycles. The number of para-hydroxylation sites is 2. The highest BCUT2D eigenvalue weighted by Crippen LogP contribution is 2.23. The van der Waals surface area contributed by atoms with Gasteiger partial charge in [0.2, 0.25) is 5.91 Å². The molecular weight excluding hydrogens is 418 g/mol. The number of nitrogens with zero attached hydrogens (tertiary/aromatic N) is 2. The van der Waals surface area contributed by atoms with Crippen LogP contribution in [-0.4, -0.2) is 47.9 Å². The molecule has 1 aromatic heterocycles. The Balaban J connectivity index is 1.63. The maximum atomic E-state index is 12.8. The predicted octanol–water partition coefficient (Wildman–Crippen LogP) is 4.23. The van der Waals surface area contributed by atoms with Crippen molar-refractivity contribution in [2.45, 2.75) is 33.6 Å². The lowest BCUT2D eigenvalue weighted by molar-refractivity contribution is -0.136. The van der Waals surface area contributed by atoms with Gasteiger partial charge in [-0.2, -0.15) is 0 Å². The van der Waals surface area contributed by atoms with Gasteiger partial charge in [0.1, 0.15) is 0 Å². The first-order chi connectivity index (χ1) is 15.7. The van der Waals surface area contributed by atoms with E-state index in [1.807, 2.05) is 64.1 Å². The summed E-state index contributed by atoms with van der Waals surface area (Å²) in [4.78, 5) is 43.5. The molecule has 1 N–H and O–H groups in total. The van der Waals surface area contributed by atoms with Crippen molar-refractivity contribution in [1.29, 1.82) is 0 Å². The van der Waals surface area contributed by atoms with Crippen molar-refractivity contribution in [1.82, 2.24) is 9.88 Å². The van der Waals surface area contributed by atoms with Gasteiger partial charge in [-0.05, 0) is 43.0 Å². The van der Waals surface area contributed by atoms with Gasteiger partial charge in [-0.15, -0.1) is 0 Å². The van der Waals surface area contributed by atoms with Gasteiger partial charge < -0.3 is 15.0 Å². The number of pyridine rings is 1. The van der Waals surface area contributed by atoms with Crippen molar-refractivity contribution in [3.8, 4) is 0 Å². The Kier molecular flexibility index (Phi) is 7.43. The molecule has 3 rings (SSSR count). The third-order valence-electron chi connectivity index (χ3n) is 5.43. The van der Waals surface area contributed by atoms with Crippen molar-refractivity contribution < 1.29 is 19.1 Å². The Labute approximate surface area is 193 Å². The number of amides is 2. The van der Waals surface area contributed by atoms with Gasteiger partial charge in [0.15, 0.2) is 6.61 Å². The minimum atomic E-state index is -0.600. The minimum absolute atomic E-state index is 0.129. The fourth-order valence-corrected chi connectivity index (χ4v) is 3.47. The van der Waals surface area contributed by atoms with E-state index < -0.39 is 18.5 Å². The summed E-state index contributed by atoms with van der Waals surface area (Å²) in [7, 11) is 1.50. The normalized spacial score (nSPS) is 10.8. The van der Waals surface area contributed by atoms with Crippen molar-refractivity contribution in [2.75, 3.05) is 25.5 Å². The van der Waals surface area contributed by atoms with Gasteiger partial charge in [-0.25, -0.2) is 4.79 Å². The fraction of sp³-hybridized carbons (Fsp3) is 0.308.